The van der Waals surface area contributed by atoms with Gasteiger partial charge in [0, 0.05) is 11.1 Å². The van der Waals surface area contributed by atoms with Crippen molar-refractivity contribution in [2.24, 2.45) is 0 Å². The summed E-state index contributed by atoms with van der Waals surface area (Å²) in [6.45, 7) is 2.06. The van der Waals surface area contributed by atoms with Gasteiger partial charge < -0.3 is 10.1 Å². The summed E-state index contributed by atoms with van der Waals surface area (Å²) in [5.41, 5.74) is 0.348. The summed E-state index contributed by atoms with van der Waals surface area (Å²) in [7, 11) is 0. The first-order chi connectivity index (χ1) is 9.11. The lowest BCUT2D eigenvalue weighted by Gasteiger charge is -2.06. The minimum absolute atomic E-state index is 0.0181. The average Bonchev–Trinajstić information content (AvgIpc) is 2.39. The fourth-order valence-corrected chi connectivity index (χ4v) is 2.33. The van der Waals surface area contributed by atoms with E-state index in [4.69, 9.17) is 5.11 Å². The number of benzene rings is 1. The first-order valence-electron chi connectivity index (χ1n) is 5.67. The maximum absolute atomic E-state index is 11.2. The molecule has 1 heterocycles. The third-order valence-corrected chi connectivity index (χ3v) is 3.39. The summed E-state index contributed by atoms with van der Waals surface area (Å²) in [5, 5.41) is 9.09. The zero-order valence-electron chi connectivity index (χ0n) is 10.2. The maximum atomic E-state index is 11.2. The van der Waals surface area contributed by atoms with Gasteiger partial charge in [0.1, 0.15) is 5.56 Å². The second kappa shape index (κ2) is 5.71. The Labute approximate surface area is 113 Å². The molecule has 0 saturated carbocycles. The molecular weight excluding hydrogens is 264 g/mol. The van der Waals surface area contributed by atoms with Crippen LogP contribution in [0.15, 0.2) is 40.2 Å². The molecule has 5 nitrogen and oxygen atoms in total. The van der Waals surface area contributed by atoms with Crippen LogP contribution < -0.4 is 5.69 Å². The molecule has 0 fully saturated rings. The Morgan fingerprint density at radius 1 is 1.37 bits per heavy atom. The fourth-order valence-electron chi connectivity index (χ4n) is 1.67. The first-order valence-corrected chi connectivity index (χ1v) is 6.66. The molecule has 0 aliphatic rings. The molecule has 98 valence electrons. The Kier molecular flexibility index (Phi) is 4.01. The van der Waals surface area contributed by atoms with Gasteiger partial charge in [-0.3, -0.25) is 0 Å². The van der Waals surface area contributed by atoms with E-state index >= 15 is 0 Å². The molecule has 0 saturated heterocycles. The van der Waals surface area contributed by atoms with Gasteiger partial charge in [-0.15, -0.1) is 11.8 Å². The number of aromatic carboxylic acids is 1. The van der Waals surface area contributed by atoms with Gasteiger partial charge in [0.2, 0.25) is 0 Å². The van der Waals surface area contributed by atoms with Gasteiger partial charge in [-0.05, 0) is 23.4 Å². The van der Waals surface area contributed by atoms with E-state index in [9.17, 15) is 9.59 Å². The van der Waals surface area contributed by atoms with Gasteiger partial charge in [0.25, 0.3) is 0 Å². The monoisotopic (exact) mass is 276 g/mol. The number of rotatable bonds is 4. The molecule has 6 heteroatoms. The second-order valence-electron chi connectivity index (χ2n) is 3.74. The molecule has 0 spiro atoms. The summed E-state index contributed by atoms with van der Waals surface area (Å²) in [4.78, 5) is 29.4. The summed E-state index contributed by atoms with van der Waals surface area (Å²) < 4.78 is 0. The first kappa shape index (κ1) is 13.4. The number of aromatic amines is 1. The molecule has 0 aliphatic heterocycles. The van der Waals surface area contributed by atoms with Crippen LogP contribution in [0.2, 0.25) is 0 Å². The number of hydrogen-bond donors (Lipinski definition) is 2. The van der Waals surface area contributed by atoms with Crippen LogP contribution in [0.25, 0.3) is 11.3 Å². The van der Waals surface area contributed by atoms with E-state index in [1.165, 1.54) is 0 Å². The molecule has 0 bridgehead atoms. The number of nitrogens with zero attached hydrogens (tertiary/aromatic N) is 1. The van der Waals surface area contributed by atoms with Crippen LogP contribution in [0.3, 0.4) is 0 Å². The summed E-state index contributed by atoms with van der Waals surface area (Å²) in [6.07, 6.45) is 1.07. The Morgan fingerprint density at radius 2 is 2.05 bits per heavy atom. The third kappa shape index (κ3) is 3.03. The Balaban J connectivity index is 2.48. The number of carbonyl (C=O) groups is 1. The highest BCUT2D eigenvalue weighted by Crippen LogP contribution is 2.24. The van der Waals surface area contributed by atoms with Crippen molar-refractivity contribution in [3.8, 4) is 11.3 Å². The van der Waals surface area contributed by atoms with Crippen molar-refractivity contribution < 1.29 is 9.90 Å². The van der Waals surface area contributed by atoms with Crippen LogP contribution in [0.1, 0.15) is 17.3 Å². The van der Waals surface area contributed by atoms with E-state index < -0.39 is 11.7 Å². The lowest BCUT2D eigenvalue weighted by Crippen LogP contribution is -2.14. The van der Waals surface area contributed by atoms with Gasteiger partial charge in [0.05, 0.1) is 5.69 Å². The van der Waals surface area contributed by atoms with Gasteiger partial charge in [0.15, 0.2) is 0 Å². The third-order valence-electron chi connectivity index (χ3n) is 2.50. The van der Waals surface area contributed by atoms with E-state index in [0.717, 1.165) is 16.8 Å². The topological polar surface area (TPSA) is 83.0 Å². The van der Waals surface area contributed by atoms with E-state index in [1.54, 1.807) is 23.9 Å². The van der Waals surface area contributed by atoms with E-state index in [2.05, 4.69) is 16.9 Å². The molecule has 0 unspecified atom stereocenters. The molecule has 0 radical (unpaired) electrons. The van der Waals surface area contributed by atoms with Crippen molar-refractivity contribution in [1.29, 1.82) is 0 Å². The number of carboxylic acid groups (broad SMARTS) is 1. The van der Waals surface area contributed by atoms with Crippen LogP contribution in [0.4, 0.5) is 0 Å². The SMILES string of the molecule is CCSc1ccc(-c2[nH]c(=O)ncc2C(=O)O)cc1. The molecule has 2 rings (SSSR count). The minimum atomic E-state index is -1.12. The largest absolute Gasteiger partial charge is 0.478 e. The Morgan fingerprint density at radius 3 is 2.63 bits per heavy atom. The zero-order valence-corrected chi connectivity index (χ0v) is 11.0. The van der Waals surface area contributed by atoms with Crippen LogP contribution in [0.5, 0.6) is 0 Å². The smallest absolute Gasteiger partial charge is 0.345 e. The highest BCUT2D eigenvalue weighted by atomic mass is 32.2. The van der Waals surface area contributed by atoms with Crippen molar-refractivity contribution in [3.63, 3.8) is 0 Å². The molecule has 1 aromatic heterocycles. The lowest BCUT2D eigenvalue weighted by atomic mass is 10.1. The van der Waals surface area contributed by atoms with E-state index in [-0.39, 0.29) is 11.3 Å². The molecule has 2 aromatic rings. The number of nitrogens with one attached hydrogen (secondary N) is 1. The average molecular weight is 276 g/mol. The molecule has 0 amide bonds. The van der Waals surface area contributed by atoms with Crippen molar-refractivity contribution in [2.75, 3.05) is 5.75 Å². The predicted octanol–water partition coefficient (Wildman–Crippen LogP) is 2.25. The lowest BCUT2D eigenvalue weighted by molar-refractivity contribution is 0.0697. The van der Waals surface area contributed by atoms with Crippen LogP contribution >= 0.6 is 11.8 Å². The molecule has 1 aromatic carbocycles. The quantitative estimate of drug-likeness (QED) is 0.837. The van der Waals surface area contributed by atoms with Gasteiger partial charge >= 0.3 is 11.7 Å². The molecule has 19 heavy (non-hydrogen) atoms. The number of thioether (sulfide) groups is 1. The van der Waals surface area contributed by atoms with Crippen molar-refractivity contribution >= 4 is 17.7 Å². The standard InChI is InChI=1S/C13H12N2O3S/c1-2-19-9-5-3-8(4-6-9)11-10(12(16)17)7-14-13(18)15-11/h3-7H,2H2,1H3,(H,16,17)(H,14,15,18). The van der Waals surface area contributed by atoms with E-state index in [0.29, 0.717) is 5.56 Å². The Hall–Kier alpha value is -2.08. The van der Waals surface area contributed by atoms with Gasteiger partial charge in [-0.25, -0.2) is 14.6 Å². The Bertz CT molecular complexity index is 650. The molecule has 0 aliphatic carbocycles. The van der Waals surface area contributed by atoms with Crippen molar-refractivity contribution in [1.82, 2.24) is 9.97 Å². The summed E-state index contributed by atoms with van der Waals surface area (Å²) in [6, 6.07) is 7.37. The summed E-state index contributed by atoms with van der Waals surface area (Å²) in [5.74, 6) is -0.156. The van der Waals surface area contributed by atoms with Crippen molar-refractivity contribution in [2.45, 2.75) is 11.8 Å². The fraction of sp³-hybridized carbons (Fsp3) is 0.154. The summed E-state index contributed by atoms with van der Waals surface area (Å²) >= 11 is 1.69. The number of aromatic nitrogens is 2. The maximum Gasteiger partial charge on any atom is 0.345 e. The predicted molar refractivity (Wildman–Crippen MR) is 73.7 cm³/mol. The normalized spacial score (nSPS) is 10.4. The zero-order chi connectivity index (χ0) is 13.8. The number of hydrogen-bond acceptors (Lipinski definition) is 4. The van der Waals surface area contributed by atoms with E-state index in [1.807, 2.05) is 12.1 Å². The molecule has 0 atom stereocenters. The van der Waals surface area contributed by atoms with Gasteiger partial charge in [-0.1, -0.05) is 19.1 Å². The molecular formula is C13H12N2O3S. The second-order valence-corrected chi connectivity index (χ2v) is 5.08. The number of H-pyrrole nitrogens is 1. The van der Waals surface area contributed by atoms with Crippen LogP contribution in [-0.4, -0.2) is 26.8 Å². The highest BCUT2D eigenvalue weighted by molar-refractivity contribution is 7.99. The van der Waals surface area contributed by atoms with Crippen LogP contribution in [-0.2, 0) is 0 Å². The highest BCUT2D eigenvalue weighted by Gasteiger charge is 2.13. The van der Waals surface area contributed by atoms with Crippen LogP contribution in [0, 0.1) is 0 Å². The van der Waals surface area contributed by atoms with Gasteiger partial charge in [-0.2, -0.15) is 0 Å². The van der Waals surface area contributed by atoms with Crippen molar-refractivity contribution in [3.05, 3.63) is 46.5 Å². The minimum Gasteiger partial charge on any atom is -0.478 e. The molecule has 2 N–H and O–H groups in total. The number of carboxylic acids is 1.